The maximum absolute atomic E-state index is 13.5. The normalized spacial score (nSPS) is 11.3. The fraction of sp³-hybridized carbons (Fsp3) is 0.227. The summed E-state index contributed by atoms with van der Waals surface area (Å²) in [5, 5.41) is 12.7. The van der Waals surface area contributed by atoms with Gasteiger partial charge >= 0.3 is 6.18 Å². The van der Waals surface area contributed by atoms with E-state index in [1.165, 1.54) is 12.5 Å². The predicted molar refractivity (Wildman–Crippen MR) is 108 cm³/mol. The van der Waals surface area contributed by atoms with Gasteiger partial charge in [-0.1, -0.05) is 24.3 Å². The Hall–Kier alpha value is -3.82. The number of benzene rings is 2. The second kappa shape index (κ2) is 9.13. The Bertz CT molecular complexity index is 1160. The Kier molecular flexibility index (Phi) is 6.52. The van der Waals surface area contributed by atoms with Crippen LogP contribution in [0.3, 0.4) is 0 Å². The number of nitrogens with one attached hydrogen (secondary N) is 1. The number of hydrogen-bond donors (Lipinski definition) is 2. The van der Waals surface area contributed by atoms with Gasteiger partial charge in [-0.15, -0.1) is 0 Å². The van der Waals surface area contributed by atoms with Crippen molar-refractivity contribution >= 4 is 11.7 Å². The zero-order valence-electron chi connectivity index (χ0n) is 17.2. The zero-order chi connectivity index (χ0) is 23.5. The molecule has 1 amide bonds. The third kappa shape index (κ3) is 5.08. The average molecular weight is 447 g/mol. The third-order valence-corrected chi connectivity index (χ3v) is 4.69. The minimum absolute atomic E-state index is 0.194. The van der Waals surface area contributed by atoms with E-state index in [1.807, 2.05) is 0 Å². The van der Waals surface area contributed by atoms with E-state index in [0.29, 0.717) is 16.8 Å². The summed E-state index contributed by atoms with van der Waals surface area (Å²) in [6.07, 6.45) is -1.98. The minimum Gasteiger partial charge on any atom is -0.506 e. The maximum atomic E-state index is 13.5. The van der Waals surface area contributed by atoms with Crippen molar-refractivity contribution in [3.63, 3.8) is 0 Å². The van der Waals surface area contributed by atoms with E-state index in [2.05, 4.69) is 10.3 Å². The minimum atomic E-state index is -4.91. The van der Waals surface area contributed by atoms with Crippen LogP contribution in [0.2, 0.25) is 0 Å². The van der Waals surface area contributed by atoms with Gasteiger partial charge in [0.2, 0.25) is 0 Å². The number of halogens is 3. The van der Waals surface area contributed by atoms with Crippen molar-refractivity contribution < 1.29 is 32.6 Å². The summed E-state index contributed by atoms with van der Waals surface area (Å²) in [5.74, 6) is -2.76. The molecule has 0 fully saturated rings. The van der Waals surface area contributed by atoms with Gasteiger partial charge in [0.25, 0.3) is 5.91 Å². The van der Waals surface area contributed by atoms with Crippen LogP contribution in [0.1, 0.15) is 44.5 Å². The Labute approximate surface area is 181 Å². The van der Waals surface area contributed by atoms with Crippen LogP contribution in [0.15, 0.2) is 48.9 Å². The summed E-state index contributed by atoms with van der Waals surface area (Å²) in [7, 11) is 1.69. The van der Waals surface area contributed by atoms with Gasteiger partial charge in [-0.05, 0) is 30.2 Å². The molecule has 0 radical (unpaired) electrons. The van der Waals surface area contributed by atoms with E-state index in [0.717, 1.165) is 19.1 Å². The lowest BCUT2D eigenvalue weighted by Gasteiger charge is -2.17. The molecule has 0 aliphatic heterocycles. The number of phenols is 1. The Morgan fingerprint density at radius 3 is 2.53 bits per heavy atom. The average Bonchev–Trinajstić information content (AvgIpc) is 3.15. The first-order chi connectivity index (χ1) is 15.1. The SMILES string of the molecule is CC(=O)c1ccc(OCc2cccc(CNC(=O)c3cncn3C)c2)c(C(F)(F)F)c1O. The number of ether oxygens (including phenoxy) is 1. The molecule has 2 N–H and O–H groups in total. The highest BCUT2D eigenvalue weighted by atomic mass is 19.4. The van der Waals surface area contributed by atoms with Crippen LogP contribution in [0.5, 0.6) is 11.5 Å². The molecule has 1 heterocycles. The number of nitrogens with zero attached hydrogens (tertiary/aromatic N) is 2. The molecule has 7 nitrogen and oxygen atoms in total. The maximum Gasteiger partial charge on any atom is 0.423 e. The number of aromatic hydroxyl groups is 1. The number of aromatic nitrogens is 2. The van der Waals surface area contributed by atoms with Gasteiger partial charge < -0.3 is 19.7 Å². The molecule has 0 aliphatic rings. The van der Waals surface area contributed by atoms with Gasteiger partial charge in [0.05, 0.1) is 18.1 Å². The Balaban J connectivity index is 1.73. The van der Waals surface area contributed by atoms with Crippen LogP contribution in [0, 0.1) is 0 Å². The summed E-state index contributed by atoms with van der Waals surface area (Å²) < 4.78 is 47.3. The number of imidazole rings is 1. The van der Waals surface area contributed by atoms with Crippen LogP contribution >= 0.6 is 0 Å². The molecule has 0 aliphatic carbocycles. The lowest BCUT2D eigenvalue weighted by Crippen LogP contribution is -2.24. The van der Waals surface area contributed by atoms with Crippen LogP contribution < -0.4 is 10.1 Å². The van der Waals surface area contributed by atoms with Gasteiger partial charge in [-0.2, -0.15) is 13.2 Å². The number of Topliss-reactive ketones (excluding diaryl/α,β-unsaturated/α-hetero) is 1. The number of ketones is 1. The molecule has 0 saturated carbocycles. The van der Waals surface area contributed by atoms with E-state index < -0.39 is 34.6 Å². The number of alkyl halides is 3. The summed E-state index contributed by atoms with van der Waals surface area (Å²) in [4.78, 5) is 27.5. The number of carbonyl (C=O) groups excluding carboxylic acids is 2. The first-order valence-electron chi connectivity index (χ1n) is 9.47. The molecule has 0 unspecified atom stereocenters. The Morgan fingerprint density at radius 1 is 1.19 bits per heavy atom. The van der Waals surface area contributed by atoms with Crippen molar-refractivity contribution in [3.8, 4) is 11.5 Å². The van der Waals surface area contributed by atoms with Crippen LogP contribution in [-0.4, -0.2) is 26.3 Å². The molecular formula is C22H20F3N3O4. The molecule has 0 bridgehead atoms. The third-order valence-electron chi connectivity index (χ3n) is 4.69. The molecule has 168 valence electrons. The first kappa shape index (κ1) is 22.9. The summed E-state index contributed by atoms with van der Waals surface area (Å²) in [5.41, 5.74) is -0.174. The van der Waals surface area contributed by atoms with Crippen molar-refractivity contribution in [2.75, 3.05) is 0 Å². The smallest absolute Gasteiger partial charge is 0.423 e. The van der Waals surface area contributed by atoms with E-state index in [1.54, 1.807) is 35.9 Å². The van der Waals surface area contributed by atoms with Gasteiger partial charge in [0.15, 0.2) is 5.78 Å². The summed E-state index contributed by atoms with van der Waals surface area (Å²) in [6, 6.07) is 8.88. The second-order valence-electron chi connectivity index (χ2n) is 7.07. The molecule has 1 aromatic heterocycles. The van der Waals surface area contributed by atoms with E-state index >= 15 is 0 Å². The van der Waals surface area contributed by atoms with Crippen molar-refractivity contribution in [2.24, 2.45) is 7.05 Å². The predicted octanol–water partition coefficient (Wildman–Crippen LogP) is 3.86. The number of amides is 1. The monoisotopic (exact) mass is 447 g/mol. The van der Waals surface area contributed by atoms with E-state index in [4.69, 9.17) is 4.74 Å². The topological polar surface area (TPSA) is 93.5 Å². The highest BCUT2D eigenvalue weighted by molar-refractivity contribution is 5.97. The number of carbonyl (C=O) groups is 2. The Morgan fingerprint density at radius 2 is 1.91 bits per heavy atom. The van der Waals surface area contributed by atoms with Gasteiger partial charge in [0.1, 0.15) is 29.4 Å². The second-order valence-corrected chi connectivity index (χ2v) is 7.07. The van der Waals surface area contributed by atoms with Gasteiger partial charge in [-0.3, -0.25) is 9.59 Å². The largest absolute Gasteiger partial charge is 0.506 e. The van der Waals surface area contributed by atoms with Gasteiger partial charge in [0, 0.05) is 13.6 Å². The fourth-order valence-electron chi connectivity index (χ4n) is 3.09. The molecule has 0 spiro atoms. The lowest BCUT2D eigenvalue weighted by molar-refractivity contribution is -0.140. The molecule has 3 aromatic rings. The lowest BCUT2D eigenvalue weighted by atomic mass is 10.0. The van der Waals surface area contributed by atoms with E-state index in [-0.39, 0.29) is 19.1 Å². The fourth-order valence-corrected chi connectivity index (χ4v) is 3.09. The highest BCUT2D eigenvalue weighted by Crippen LogP contribution is 2.44. The molecular weight excluding hydrogens is 427 g/mol. The van der Waals surface area contributed by atoms with Crippen molar-refractivity contribution in [3.05, 3.63) is 76.9 Å². The molecule has 32 heavy (non-hydrogen) atoms. The summed E-state index contributed by atoms with van der Waals surface area (Å²) >= 11 is 0. The van der Waals surface area contributed by atoms with Gasteiger partial charge in [-0.25, -0.2) is 4.98 Å². The number of aryl methyl sites for hydroxylation is 1. The van der Waals surface area contributed by atoms with Crippen molar-refractivity contribution in [1.82, 2.24) is 14.9 Å². The van der Waals surface area contributed by atoms with Crippen LogP contribution in [0.25, 0.3) is 0 Å². The standard InChI is InChI=1S/C22H20F3N3O4/c1-13(29)16-6-7-18(19(20(16)30)22(23,24)25)32-11-15-5-3-4-14(8-15)9-27-21(31)17-10-26-12-28(17)2/h3-8,10,12,30H,9,11H2,1-2H3,(H,27,31). The highest BCUT2D eigenvalue weighted by Gasteiger charge is 2.39. The van der Waals surface area contributed by atoms with Crippen molar-refractivity contribution in [2.45, 2.75) is 26.3 Å². The molecule has 10 heteroatoms. The molecule has 0 saturated heterocycles. The number of hydrogen-bond acceptors (Lipinski definition) is 5. The molecule has 2 aromatic carbocycles. The first-order valence-corrected chi connectivity index (χ1v) is 9.47. The number of rotatable bonds is 7. The quantitative estimate of drug-likeness (QED) is 0.537. The van der Waals surface area contributed by atoms with Crippen LogP contribution in [0.4, 0.5) is 13.2 Å². The molecule has 0 atom stereocenters. The van der Waals surface area contributed by atoms with E-state index in [9.17, 15) is 27.9 Å². The summed E-state index contributed by atoms with van der Waals surface area (Å²) in [6.45, 7) is 1.04. The van der Waals surface area contributed by atoms with Crippen molar-refractivity contribution in [1.29, 1.82) is 0 Å². The molecule has 3 rings (SSSR count). The zero-order valence-corrected chi connectivity index (χ0v) is 17.2. The van der Waals surface area contributed by atoms with Crippen LogP contribution in [-0.2, 0) is 26.4 Å². The number of phenolic OH excluding ortho intramolecular Hbond substituents is 1.